The number of methoxy groups -OCH3 is 1. The summed E-state index contributed by atoms with van der Waals surface area (Å²) in [6.07, 6.45) is 0. The molecule has 1 N–H and O–H groups in total. The van der Waals surface area contributed by atoms with Crippen molar-refractivity contribution in [3.8, 4) is 22.6 Å². The van der Waals surface area contributed by atoms with Crippen molar-refractivity contribution in [3.63, 3.8) is 0 Å². The highest BCUT2D eigenvalue weighted by atomic mass is 35.5. The van der Waals surface area contributed by atoms with E-state index in [9.17, 15) is 9.59 Å². The van der Waals surface area contributed by atoms with Crippen LogP contribution in [0.2, 0.25) is 5.02 Å². The van der Waals surface area contributed by atoms with Crippen LogP contribution in [0.15, 0.2) is 66.7 Å². The zero-order chi connectivity index (χ0) is 22.2. The third kappa shape index (κ3) is 5.55. The molecule has 0 spiro atoms. The van der Waals surface area contributed by atoms with Gasteiger partial charge in [0, 0.05) is 11.6 Å². The molecule has 0 bridgehead atoms. The lowest BCUT2D eigenvalue weighted by molar-refractivity contribution is -0.118. The topological polar surface area (TPSA) is 73.9 Å². The van der Waals surface area contributed by atoms with Crippen molar-refractivity contribution in [1.82, 2.24) is 0 Å². The average molecular weight is 440 g/mol. The van der Waals surface area contributed by atoms with Gasteiger partial charge in [0.15, 0.2) is 6.61 Å². The van der Waals surface area contributed by atoms with Crippen molar-refractivity contribution in [2.75, 3.05) is 25.6 Å². The van der Waals surface area contributed by atoms with Gasteiger partial charge in [-0.3, -0.25) is 4.79 Å². The van der Waals surface area contributed by atoms with E-state index in [1.807, 2.05) is 48.5 Å². The average Bonchev–Trinajstić information content (AvgIpc) is 2.79. The second-order valence-electron chi connectivity index (χ2n) is 6.45. The van der Waals surface area contributed by atoms with E-state index in [0.29, 0.717) is 11.4 Å². The van der Waals surface area contributed by atoms with Crippen LogP contribution in [0.4, 0.5) is 5.69 Å². The minimum absolute atomic E-state index is 0.181. The molecule has 0 heterocycles. The van der Waals surface area contributed by atoms with Crippen LogP contribution in [0.5, 0.6) is 11.5 Å². The minimum Gasteiger partial charge on any atom is -0.496 e. The van der Waals surface area contributed by atoms with Crippen LogP contribution in [-0.2, 0) is 9.53 Å². The summed E-state index contributed by atoms with van der Waals surface area (Å²) in [6, 6.07) is 20.1. The number of hydrogen-bond donors (Lipinski definition) is 1. The van der Waals surface area contributed by atoms with Crippen LogP contribution in [-0.4, -0.2) is 32.2 Å². The Morgan fingerprint density at radius 1 is 0.968 bits per heavy atom. The molecule has 0 atom stereocenters. The monoisotopic (exact) mass is 439 g/mol. The van der Waals surface area contributed by atoms with Crippen molar-refractivity contribution >= 4 is 29.2 Å². The van der Waals surface area contributed by atoms with Crippen LogP contribution in [0.25, 0.3) is 11.1 Å². The number of halogens is 1. The van der Waals surface area contributed by atoms with Crippen LogP contribution < -0.4 is 14.8 Å². The number of carbonyl (C=O) groups excluding carboxylic acids is 2. The van der Waals surface area contributed by atoms with E-state index in [0.717, 1.165) is 11.1 Å². The molecule has 1 amide bonds. The summed E-state index contributed by atoms with van der Waals surface area (Å²) < 4.78 is 16.0. The Kier molecular flexibility index (Phi) is 7.51. The maximum atomic E-state index is 12.5. The van der Waals surface area contributed by atoms with E-state index < -0.39 is 11.9 Å². The largest absolute Gasteiger partial charge is 0.496 e. The smallest absolute Gasteiger partial charge is 0.341 e. The highest BCUT2D eigenvalue weighted by Gasteiger charge is 2.18. The summed E-state index contributed by atoms with van der Waals surface area (Å²) in [4.78, 5) is 24.5. The highest BCUT2D eigenvalue weighted by Crippen LogP contribution is 2.32. The van der Waals surface area contributed by atoms with Gasteiger partial charge in [-0.25, -0.2) is 4.79 Å². The summed E-state index contributed by atoms with van der Waals surface area (Å²) in [7, 11) is 1.42. The van der Waals surface area contributed by atoms with Gasteiger partial charge in [-0.05, 0) is 24.6 Å². The summed E-state index contributed by atoms with van der Waals surface area (Å²) in [5.41, 5.74) is 2.35. The number of carbonyl (C=O) groups is 2. The second-order valence-corrected chi connectivity index (χ2v) is 6.86. The van der Waals surface area contributed by atoms with E-state index in [1.54, 1.807) is 13.0 Å². The lowest BCUT2D eigenvalue weighted by Crippen LogP contribution is -2.21. The quantitative estimate of drug-likeness (QED) is 0.488. The maximum Gasteiger partial charge on any atom is 0.341 e. The minimum atomic E-state index is -0.556. The Morgan fingerprint density at radius 3 is 2.39 bits per heavy atom. The van der Waals surface area contributed by atoms with E-state index in [4.69, 9.17) is 25.8 Å². The normalized spacial score (nSPS) is 10.3. The molecule has 0 aliphatic carbocycles. The van der Waals surface area contributed by atoms with Crippen molar-refractivity contribution in [2.24, 2.45) is 0 Å². The summed E-state index contributed by atoms with van der Waals surface area (Å²) in [6.45, 7) is 1.71. The third-order valence-electron chi connectivity index (χ3n) is 4.39. The molecule has 160 valence electrons. The van der Waals surface area contributed by atoms with Crippen LogP contribution in [0, 0.1) is 0 Å². The molecule has 7 heteroatoms. The molecule has 0 aliphatic heterocycles. The first-order valence-electron chi connectivity index (χ1n) is 9.65. The molecule has 31 heavy (non-hydrogen) atoms. The fourth-order valence-electron chi connectivity index (χ4n) is 2.96. The lowest BCUT2D eigenvalue weighted by Gasteiger charge is -2.14. The van der Waals surface area contributed by atoms with E-state index >= 15 is 0 Å². The molecule has 6 nitrogen and oxygen atoms in total. The van der Waals surface area contributed by atoms with Gasteiger partial charge in [0.2, 0.25) is 0 Å². The van der Waals surface area contributed by atoms with Gasteiger partial charge in [-0.15, -0.1) is 0 Å². The molecular formula is C24H22ClNO5. The van der Waals surface area contributed by atoms with Gasteiger partial charge in [-0.1, -0.05) is 60.1 Å². The van der Waals surface area contributed by atoms with E-state index in [-0.39, 0.29) is 29.5 Å². The molecule has 0 aliphatic rings. The Balaban J connectivity index is 1.72. The van der Waals surface area contributed by atoms with Gasteiger partial charge in [0.1, 0.15) is 17.1 Å². The van der Waals surface area contributed by atoms with Gasteiger partial charge < -0.3 is 19.5 Å². The predicted octanol–water partition coefficient (Wildman–Crippen LogP) is 5.21. The first-order chi connectivity index (χ1) is 15.0. The Morgan fingerprint density at radius 2 is 1.68 bits per heavy atom. The SMILES string of the molecule is CCOC(=O)c1cc(Cl)c(NC(=O)COc2ccccc2-c2ccccc2)cc1OC. The summed E-state index contributed by atoms with van der Waals surface area (Å²) >= 11 is 6.25. The zero-order valence-electron chi connectivity index (χ0n) is 17.2. The lowest BCUT2D eigenvalue weighted by atomic mass is 10.1. The van der Waals surface area contributed by atoms with Gasteiger partial charge in [0.25, 0.3) is 5.91 Å². The highest BCUT2D eigenvalue weighted by molar-refractivity contribution is 6.34. The first kappa shape index (κ1) is 22.2. The van der Waals surface area contributed by atoms with Crippen molar-refractivity contribution in [2.45, 2.75) is 6.92 Å². The third-order valence-corrected chi connectivity index (χ3v) is 4.70. The molecule has 3 aromatic carbocycles. The maximum absolute atomic E-state index is 12.5. The number of ether oxygens (including phenoxy) is 3. The number of hydrogen-bond acceptors (Lipinski definition) is 5. The number of nitrogens with one attached hydrogen (secondary N) is 1. The standard InChI is InChI=1S/C24H22ClNO5/c1-3-30-24(28)18-13-19(25)20(14-22(18)29-2)26-23(27)15-31-21-12-8-7-11-17(21)16-9-5-4-6-10-16/h4-14H,3,15H2,1-2H3,(H,26,27). The van der Waals surface area contributed by atoms with Crippen LogP contribution in [0.1, 0.15) is 17.3 Å². The first-order valence-corrected chi connectivity index (χ1v) is 10.0. The van der Waals surface area contributed by atoms with Gasteiger partial charge in [0.05, 0.1) is 24.4 Å². The van der Waals surface area contributed by atoms with E-state index in [2.05, 4.69) is 5.32 Å². The molecule has 0 fully saturated rings. The molecule has 3 rings (SSSR count). The molecule has 0 radical (unpaired) electrons. The van der Waals surface area contributed by atoms with Gasteiger partial charge >= 0.3 is 5.97 Å². The molecule has 3 aromatic rings. The fourth-order valence-corrected chi connectivity index (χ4v) is 3.18. The number of amides is 1. The second kappa shape index (κ2) is 10.5. The summed E-state index contributed by atoms with van der Waals surface area (Å²) in [5, 5.41) is 2.87. The molecule has 0 saturated carbocycles. The van der Waals surface area contributed by atoms with Crippen molar-refractivity contribution in [3.05, 3.63) is 77.3 Å². The van der Waals surface area contributed by atoms with Crippen LogP contribution in [0.3, 0.4) is 0 Å². The van der Waals surface area contributed by atoms with Crippen molar-refractivity contribution < 1.29 is 23.8 Å². The number of anilines is 1. The number of rotatable bonds is 8. The van der Waals surface area contributed by atoms with Crippen LogP contribution >= 0.6 is 11.6 Å². The fraction of sp³-hybridized carbons (Fsp3) is 0.167. The number of benzene rings is 3. The molecule has 0 aromatic heterocycles. The number of esters is 1. The summed E-state index contributed by atoms with van der Waals surface area (Å²) in [5.74, 6) is -0.130. The number of para-hydroxylation sites is 1. The Bertz CT molecular complexity index is 1070. The predicted molar refractivity (Wildman–Crippen MR) is 120 cm³/mol. The molecule has 0 unspecified atom stereocenters. The molecular weight excluding hydrogens is 418 g/mol. The van der Waals surface area contributed by atoms with E-state index in [1.165, 1.54) is 19.2 Å². The zero-order valence-corrected chi connectivity index (χ0v) is 17.9. The Labute approximate surface area is 185 Å². The van der Waals surface area contributed by atoms with Crippen molar-refractivity contribution in [1.29, 1.82) is 0 Å². The van der Waals surface area contributed by atoms with Gasteiger partial charge in [-0.2, -0.15) is 0 Å². The Hall–Kier alpha value is -3.51. The molecule has 0 saturated heterocycles.